The largest absolute Gasteiger partial charge is 0.0616 e. The Bertz CT molecular complexity index is 1440. The Labute approximate surface area is 139 Å². The molecule has 0 heteroatoms. The van der Waals surface area contributed by atoms with Crippen molar-refractivity contribution in [3.05, 3.63) is 100 Å². The van der Waals surface area contributed by atoms with Crippen molar-refractivity contribution in [1.29, 1.82) is 0 Å². The van der Waals surface area contributed by atoms with Crippen molar-refractivity contribution >= 4 is 38.4 Å². The Morgan fingerprint density at radius 3 is 2.33 bits per heavy atom. The van der Waals surface area contributed by atoms with E-state index in [9.17, 15) is 0 Å². The van der Waals surface area contributed by atoms with Crippen molar-refractivity contribution in [2.75, 3.05) is 0 Å². The van der Waals surface area contributed by atoms with Gasteiger partial charge in [0.05, 0.1) is 0 Å². The first-order valence-electron chi connectivity index (χ1n) is 8.38. The van der Waals surface area contributed by atoms with Crippen molar-refractivity contribution in [3.63, 3.8) is 0 Å². The lowest BCUT2D eigenvalue weighted by atomic mass is 9.92. The molecule has 0 saturated heterocycles. The summed E-state index contributed by atoms with van der Waals surface area (Å²) >= 11 is 0. The van der Waals surface area contributed by atoms with Gasteiger partial charge in [0, 0.05) is 0 Å². The molecule has 24 heavy (non-hydrogen) atoms. The van der Waals surface area contributed by atoms with Crippen LogP contribution in [0.25, 0.3) is 38.4 Å². The Morgan fingerprint density at radius 2 is 1.33 bits per heavy atom. The van der Waals surface area contributed by atoms with Crippen LogP contribution >= 0.6 is 0 Å². The van der Waals surface area contributed by atoms with Crippen LogP contribution in [0.2, 0.25) is 0 Å². The molecule has 0 atom stereocenters. The third-order valence-corrected chi connectivity index (χ3v) is 5.33. The molecule has 5 aromatic carbocycles. The summed E-state index contributed by atoms with van der Waals surface area (Å²) in [5, 5.41) is 12.2. The predicted octanol–water partition coefficient (Wildman–Crippen LogP) is 5.29. The fourth-order valence-electron chi connectivity index (χ4n) is 4.35. The Hall–Kier alpha value is -3.12. The highest BCUT2D eigenvalue weighted by Crippen LogP contribution is 2.35. The predicted molar refractivity (Wildman–Crippen MR) is 102 cm³/mol. The van der Waals surface area contributed by atoms with Crippen LogP contribution in [0, 0.1) is 10.4 Å². The van der Waals surface area contributed by atoms with Gasteiger partial charge in [-0.25, -0.2) is 0 Å². The maximum absolute atomic E-state index is 2.36. The first kappa shape index (κ1) is 12.3. The summed E-state index contributed by atoms with van der Waals surface area (Å²) in [6, 6.07) is 28.8. The number of hydrogen-bond acceptors (Lipinski definition) is 0. The fourth-order valence-corrected chi connectivity index (χ4v) is 4.35. The maximum Gasteiger partial charge on any atom is -0.00257 e. The van der Waals surface area contributed by atoms with Crippen LogP contribution in [0.5, 0.6) is 0 Å². The van der Waals surface area contributed by atoms with E-state index >= 15 is 0 Å². The minimum atomic E-state index is 1.31. The van der Waals surface area contributed by atoms with Crippen LogP contribution in [0.15, 0.2) is 78.9 Å². The number of hydrogen-bond donors (Lipinski definition) is 0. The zero-order valence-electron chi connectivity index (χ0n) is 13.1. The first-order chi connectivity index (χ1) is 11.9. The minimum Gasteiger partial charge on any atom is -0.0616 e. The first-order valence-corrected chi connectivity index (χ1v) is 8.38. The second-order valence-corrected chi connectivity index (χ2v) is 6.62. The Morgan fingerprint density at radius 1 is 0.542 bits per heavy atom. The van der Waals surface area contributed by atoms with Crippen LogP contribution < -0.4 is 5.22 Å². The molecule has 6 rings (SSSR count). The van der Waals surface area contributed by atoms with Gasteiger partial charge in [-0.05, 0) is 71.7 Å². The summed E-state index contributed by atoms with van der Waals surface area (Å²) in [6.07, 6.45) is 2.32. The second kappa shape index (κ2) is 4.24. The van der Waals surface area contributed by atoms with E-state index in [2.05, 4.69) is 84.9 Å². The third kappa shape index (κ3) is 1.43. The molecule has 5 aromatic rings. The summed E-state index contributed by atoms with van der Waals surface area (Å²) in [6.45, 7) is 0. The van der Waals surface area contributed by atoms with E-state index in [1.165, 1.54) is 53.5 Å². The van der Waals surface area contributed by atoms with Crippen molar-refractivity contribution in [2.24, 2.45) is 0 Å². The van der Waals surface area contributed by atoms with Crippen molar-refractivity contribution < 1.29 is 0 Å². The van der Waals surface area contributed by atoms with E-state index in [0.717, 1.165) is 0 Å². The average Bonchev–Trinajstić information content (AvgIpc) is 3.00. The lowest BCUT2D eigenvalue weighted by molar-refractivity contribution is 1.51. The van der Waals surface area contributed by atoms with Crippen LogP contribution in [-0.4, -0.2) is 0 Å². The normalized spacial score (nSPS) is 12.5. The van der Waals surface area contributed by atoms with Crippen molar-refractivity contribution in [3.8, 4) is 0 Å². The highest BCUT2D eigenvalue weighted by molar-refractivity contribution is 6.21. The minimum absolute atomic E-state index is 1.31. The van der Waals surface area contributed by atoms with Crippen LogP contribution in [-0.2, 0) is 0 Å². The molecule has 0 nitrogen and oxygen atoms in total. The monoisotopic (exact) mass is 302 g/mol. The lowest BCUT2D eigenvalue weighted by Gasteiger charge is -2.11. The highest BCUT2D eigenvalue weighted by Gasteiger charge is 2.12. The van der Waals surface area contributed by atoms with E-state index in [4.69, 9.17) is 0 Å². The Balaban J connectivity index is 2.02. The van der Waals surface area contributed by atoms with Gasteiger partial charge in [0.1, 0.15) is 0 Å². The summed E-state index contributed by atoms with van der Waals surface area (Å²) in [5.74, 6) is 0. The standard InChI is InChI=1S/C24H14/c1-3-8-19-15(6-1)12-18-14-17-13-16-7-2-4-9-20(16)23(17)22-11-5-10-21(19)24(18)22/h1-14H. The van der Waals surface area contributed by atoms with Crippen LogP contribution in [0.4, 0.5) is 0 Å². The summed E-state index contributed by atoms with van der Waals surface area (Å²) in [5.41, 5.74) is 1.34. The van der Waals surface area contributed by atoms with E-state index in [1.54, 1.807) is 0 Å². The number of benzene rings is 5. The molecule has 0 unspecified atom stereocenters. The molecular formula is C24H14. The third-order valence-electron chi connectivity index (χ3n) is 5.33. The fraction of sp³-hybridized carbons (Fsp3) is 0. The van der Waals surface area contributed by atoms with Gasteiger partial charge in [0.25, 0.3) is 0 Å². The van der Waals surface area contributed by atoms with Gasteiger partial charge in [-0.1, -0.05) is 66.7 Å². The van der Waals surface area contributed by atoms with Crippen molar-refractivity contribution in [2.45, 2.75) is 0 Å². The molecule has 0 fully saturated rings. The summed E-state index contributed by atoms with van der Waals surface area (Å²) in [4.78, 5) is 0. The van der Waals surface area contributed by atoms with Gasteiger partial charge in [0.2, 0.25) is 0 Å². The molecule has 110 valence electrons. The molecule has 0 saturated carbocycles. The molecule has 1 aliphatic rings. The number of rotatable bonds is 0. The molecule has 0 bridgehead atoms. The van der Waals surface area contributed by atoms with E-state index in [0.29, 0.717) is 0 Å². The summed E-state index contributed by atoms with van der Waals surface area (Å²) < 4.78 is 0. The number of fused-ring (bicyclic) bond motifs is 5. The van der Waals surface area contributed by atoms with E-state index in [1.807, 2.05) is 0 Å². The molecular weight excluding hydrogens is 288 g/mol. The molecule has 0 aromatic heterocycles. The van der Waals surface area contributed by atoms with Gasteiger partial charge in [-0.3, -0.25) is 0 Å². The van der Waals surface area contributed by atoms with Gasteiger partial charge in [0.15, 0.2) is 0 Å². The SMILES string of the molecule is C1=c2ccccc2=c2c1cc1cc3ccccc3c3cccc2c13. The van der Waals surface area contributed by atoms with Gasteiger partial charge < -0.3 is 0 Å². The smallest absolute Gasteiger partial charge is 0.00257 e. The van der Waals surface area contributed by atoms with E-state index < -0.39 is 0 Å². The van der Waals surface area contributed by atoms with Crippen LogP contribution in [0.1, 0.15) is 5.56 Å². The maximum atomic E-state index is 2.36. The zero-order valence-corrected chi connectivity index (χ0v) is 13.1. The lowest BCUT2D eigenvalue weighted by Crippen LogP contribution is -1.97. The van der Waals surface area contributed by atoms with Gasteiger partial charge in [-0.2, -0.15) is 0 Å². The van der Waals surface area contributed by atoms with Gasteiger partial charge >= 0.3 is 0 Å². The van der Waals surface area contributed by atoms with Crippen LogP contribution in [0.3, 0.4) is 0 Å². The molecule has 0 N–H and O–H groups in total. The highest BCUT2D eigenvalue weighted by atomic mass is 14.2. The molecule has 0 spiro atoms. The molecule has 0 aliphatic heterocycles. The zero-order chi connectivity index (χ0) is 15.7. The molecule has 0 heterocycles. The second-order valence-electron chi connectivity index (χ2n) is 6.62. The average molecular weight is 302 g/mol. The van der Waals surface area contributed by atoms with Gasteiger partial charge in [-0.15, -0.1) is 0 Å². The Kier molecular flexibility index (Phi) is 2.18. The molecule has 0 amide bonds. The molecule has 1 aliphatic carbocycles. The topological polar surface area (TPSA) is 0 Å². The van der Waals surface area contributed by atoms with E-state index in [-0.39, 0.29) is 0 Å². The molecule has 0 radical (unpaired) electrons. The quantitative estimate of drug-likeness (QED) is 0.264. The van der Waals surface area contributed by atoms with Crippen molar-refractivity contribution in [1.82, 2.24) is 0 Å². The summed E-state index contributed by atoms with van der Waals surface area (Å²) in [7, 11) is 0.